The highest BCUT2D eigenvalue weighted by Crippen LogP contribution is 2.94. The van der Waals surface area contributed by atoms with Gasteiger partial charge < -0.3 is 9.47 Å². The molecular weight excluding hydrogens is 296 g/mol. The van der Waals surface area contributed by atoms with Gasteiger partial charge in [0.1, 0.15) is 0 Å². The molecule has 2 nitrogen and oxygen atoms in total. The summed E-state index contributed by atoms with van der Waals surface area (Å²) in [5, 5.41) is 0. The molecule has 10 aliphatic rings. The summed E-state index contributed by atoms with van der Waals surface area (Å²) in [6.45, 7) is 0. The van der Waals surface area contributed by atoms with E-state index in [0.29, 0.717) is 35.2 Å². The maximum atomic E-state index is 6.80. The number of ether oxygens (including phenoxy) is 2. The van der Waals surface area contributed by atoms with Crippen LogP contribution in [0.2, 0.25) is 0 Å². The molecule has 24 heavy (non-hydrogen) atoms. The van der Waals surface area contributed by atoms with Gasteiger partial charge in [0.25, 0.3) is 0 Å². The van der Waals surface area contributed by atoms with E-state index in [-0.39, 0.29) is 0 Å². The second-order valence-electron chi connectivity index (χ2n) is 11.9. The summed E-state index contributed by atoms with van der Waals surface area (Å²) in [7, 11) is 0. The molecule has 2 saturated heterocycles. The highest BCUT2D eigenvalue weighted by molar-refractivity contribution is 5.40. The van der Waals surface area contributed by atoms with Crippen LogP contribution < -0.4 is 0 Å². The third-order valence-electron chi connectivity index (χ3n) is 12.4. The first-order valence-electron chi connectivity index (χ1n) is 11.2. The van der Waals surface area contributed by atoms with Crippen LogP contribution in [0.25, 0.3) is 0 Å². The molecule has 0 aromatic carbocycles. The molecule has 0 aromatic rings. The highest BCUT2D eigenvalue weighted by Gasteiger charge is 2.94. The van der Waals surface area contributed by atoms with Crippen molar-refractivity contribution in [3.63, 3.8) is 0 Å². The van der Waals surface area contributed by atoms with Crippen LogP contribution in [0.3, 0.4) is 0 Å². The fraction of sp³-hybridized carbons (Fsp3) is 1.00. The quantitative estimate of drug-likeness (QED) is 0.682. The first-order chi connectivity index (χ1) is 11.9. The Kier molecular flexibility index (Phi) is 1.39. The molecule has 2 aliphatic heterocycles. The predicted molar refractivity (Wildman–Crippen MR) is 84.8 cm³/mol. The van der Waals surface area contributed by atoms with Crippen molar-refractivity contribution >= 4 is 0 Å². The largest absolute Gasteiger partial charge is 0.374 e. The van der Waals surface area contributed by atoms with Crippen molar-refractivity contribution in [2.24, 2.45) is 70.0 Å². The molecule has 8 saturated carbocycles. The molecule has 126 valence electrons. The second-order valence-corrected chi connectivity index (χ2v) is 11.9. The molecule has 0 bridgehead atoms. The average Bonchev–Trinajstić information content (AvgIpc) is 3.01. The van der Waals surface area contributed by atoms with Crippen molar-refractivity contribution in [3.8, 4) is 0 Å². The molecule has 2 spiro atoms. The number of fused-ring (bicyclic) bond motifs is 2. The first-order valence-corrected chi connectivity index (χ1v) is 11.2. The van der Waals surface area contributed by atoms with Crippen molar-refractivity contribution in [1.82, 2.24) is 0 Å². The summed E-state index contributed by atoms with van der Waals surface area (Å²) in [4.78, 5) is 0. The van der Waals surface area contributed by atoms with Gasteiger partial charge in [-0.05, 0) is 97.7 Å². The summed E-state index contributed by atoms with van der Waals surface area (Å²) in [6.07, 6.45) is 11.5. The zero-order chi connectivity index (χ0) is 14.7. The lowest BCUT2D eigenvalue weighted by atomic mass is 9.68. The maximum Gasteiger partial charge on any atom is 0.0648 e. The van der Waals surface area contributed by atoms with Gasteiger partial charge in [0.2, 0.25) is 0 Å². The lowest BCUT2D eigenvalue weighted by Gasteiger charge is -2.42. The predicted octanol–water partition coefficient (Wildman–Crippen LogP) is 3.11. The summed E-state index contributed by atoms with van der Waals surface area (Å²) < 4.78 is 13.6. The van der Waals surface area contributed by atoms with Crippen molar-refractivity contribution in [2.45, 2.75) is 62.9 Å². The van der Waals surface area contributed by atoms with Crippen LogP contribution in [0.5, 0.6) is 0 Å². The third-order valence-corrected chi connectivity index (χ3v) is 12.4. The minimum absolute atomic E-state index is 0.675. The third kappa shape index (κ3) is 0.766. The van der Waals surface area contributed by atoms with Crippen molar-refractivity contribution < 1.29 is 9.47 Å². The molecule has 0 unspecified atom stereocenters. The number of hydrogen-bond donors (Lipinski definition) is 0. The van der Waals surface area contributed by atoms with Gasteiger partial charge in [-0.25, -0.2) is 0 Å². The summed E-state index contributed by atoms with van der Waals surface area (Å²) >= 11 is 0. The van der Waals surface area contributed by atoms with Gasteiger partial charge in [-0.15, -0.1) is 0 Å². The molecule has 8 aliphatic carbocycles. The van der Waals surface area contributed by atoms with Crippen LogP contribution in [0.4, 0.5) is 0 Å². The average molecular weight is 322 g/mol. The molecule has 16 atom stereocenters. The minimum Gasteiger partial charge on any atom is -0.374 e. The Hall–Kier alpha value is -0.0800. The van der Waals surface area contributed by atoms with Crippen LogP contribution in [0.1, 0.15) is 38.5 Å². The van der Waals surface area contributed by atoms with Crippen molar-refractivity contribution in [1.29, 1.82) is 0 Å². The molecule has 0 radical (unpaired) electrons. The monoisotopic (exact) mass is 322 g/mol. The smallest absolute Gasteiger partial charge is 0.0648 e. The lowest BCUT2D eigenvalue weighted by Crippen LogP contribution is -2.43. The Morgan fingerprint density at radius 1 is 0.542 bits per heavy atom. The molecule has 10 fully saturated rings. The van der Waals surface area contributed by atoms with Gasteiger partial charge in [0.05, 0.1) is 24.4 Å². The Balaban J connectivity index is 1.32. The van der Waals surface area contributed by atoms with E-state index in [9.17, 15) is 0 Å². The van der Waals surface area contributed by atoms with E-state index in [1.165, 1.54) is 38.5 Å². The van der Waals surface area contributed by atoms with Crippen molar-refractivity contribution in [2.75, 3.05) is 0 Å². The van der Waals surface area contributed by atoms with Crippen LogP contribution in [-0.4, -0.2) is 24.4 Å². The van der Waals surface area contributed by atoms with E-state index in [4.69, 9.17) is 9.47 Å². The summed E-state index contributed by atoms with van der Waals surface area (Å²) in [6, 6.07) is 0. The Bertz CT molecular complexity index is 686. The van der Waals surface area contributed by atoms with Gasteiger partial charge >= 0.3 is 0 Å². The van der Waals surface area contributed by atoms with E-state index in [1.807, 2.05) is 0 Å². The van der Waals surface area contributed by atoms with E-state index < -0.39 is 0 Å². The zero-order valence-electron chi connectivity index (χ0n) is 14.1. The first kappa shape index (κ1) is 11.6. The normalized spacial score (nSPS) is 87.0. The summed E-state index contributed by atoms with van der Waals surface area (Å²) in [5.41, 5.74) is 1.38. The SMILES string of the molecule is C1C[C@@H]2O[C@@H]3C[C@@]34[C@@H]3[C@H]5[C@@H]6[C@H]7[C@@H]8[C@@H](CC[C@H]8O[C@@H]8C[C@@]78[C@@H]5[C@H]1[C@@H]32)[C@@H]64. The Morgan fingerprint density at radius 2 is 1.04 bits per heavy atom. The molecular formula is C22H26O2. The molecule has 2 heterocycles. The van der Waals surface area contributed by atoms with E-state index >= 15 is 0 Å². The van der Waals surface area contributed by atoms with Crippen LogP contribution in [-0.2, 0) is 9.47 Å². The summed E-state index contributed by atoms with van der Waals surface area (Å²) in [5.74, 6) is 10.7. The van der Waals surface area contributed by atoms with Gasteiger partial charge in [-0.1, -0.05) is 0 Å². The topological polar surface area (TPSA) is 18.5 Å². The van der Waals surface area contributed by atoms with Crippen molar-refractivity contribution in [3.05, 3.63) is 0 Å². The lowest BCUT2D eigenvalue weighted by molar-refractivity contribution is -0.100. The zero-order valence-corrected chi connectivity index (χ0v) is 14.1. The van der Waals surface area contributed by atoms with Crippen LogP contribution in [0.15, 0.2) is 0 Å². The number of hydrogen-bond acceptors (Lipinski definition) is 2. The highest BCUT2D eigenvalue weighted by atomic mass is 16.5. The van der Waals surface area contributed by atoms with E-state index in [1.54, 1.807) is 0 Å². The Morgan fingerprint density at radius 3 is 1.54 bits per heavy atom. The van der Waals surface area contributed by atoms with Gasteiger partial charge in [-0.3, -0.25) is 0 Å². The van der Waals surface area contributed by atoms with E-state index in [2.05, 4.69) is 0 Å². The second kappa shape index (κ2) is 2.87. The standard InChI is InChI=1S/C22H26O2/c1-3-9-13-7(1)17-15-16-18(22(19(13)15)6-12(22)23-9)8-2-4-10-14(8)20(16)21(17)5-11(21)24-10/h7-20H,1-6H2/t7-,8-,9-,10+,11-,12-,13-,14-,15+,16+,17+,18-,19-,20+,21-,22-/m1/s1. The molecule has 2 heteroatoms. The molecule has 0 N–H and O–H groups in total. The molecule has 10 rings (SSSR count). The fourth-order valence-corrected chi connectivity index (χ4v) is 12.8. The Labute approximate surface area is 143 Å². The van der Waals surface area contributed by atoms with Gasteiger partial charge in [-0.2, -0.15) is 0 Å². The molecule has 0 amide bonds. The van der Waals surface area contributed by atoms with Crippen LogP contribution >= 0.6 is 0 Å². The maximum absolute atomic E-state index is 6.80. The van der Waals surface area contributed by atoms with E-state index in [0.717, 1.165) is 59.2 Å². The van der Waals surface area contributed by atoms with Gasteiger partial charge in [0, 0.05) is 10.8 Å². The van der Waals surface area contributed by atoms with Crippen LogP contribution in [0, 0.1) is 70.0 Å². The number of rotatable bonds is 0. The fourth-order valence-electron chi connectivity index (χ4n) is 12.8. The molecule has 0 aromatic heterocycles. The minimum atomic E-state index is 0.675. The van der Waals surface area contributed by atoms with Gasteiger partial charge in [0.15, 0.2) is 0 Å².